The van der Waals surface area contributed by atoms with Gasteiger partial charge in [0.1, 0.15) is 6.07 Å². The number of hydrogen-bond donors (Lipinski definition) is 1. The second-order valence-electron chi connectivity index (χ2n) is 4.33. The number of carbonyl (C=O) groups is 1. The number of benzene rings is 1. The number of ether oxygens (including phenoxy) is 1. The van der Waals surface area contributed by atoms with E-state index < -0.39 is 5.97 Å². The molecule has 0 saturated carbocycles. The van der Waals surface area contributed by atoms with E-state index in [4.69, 9.17) is 15.7 Å². The molecule has 0 aliphatic heterocycles. The van der Waals surface area contributed by atoms with Crippen LogP contribution >= 0.6 is 31.9 Å². The van der Waals surface area contributed by atoms with Crippen LogP contribution in [0.4, 0.5) is 5.69 Å². The van der Waals surface area contributed by atoms with Gasteiger partial charge in [0, 0.05) is 15.1 Å². The van der Waals surface area contributed by atoms with Crippen LogP contribution in [0.25, 0.3) is 5.69 Å². The number of nitriles is 1. The molecule has 0 radical (unpaired) electrons. The lowest BCUT2D eigenvalue weighted by atomic mass is 10.2. The highest BCUT2D eigenvalue weighted by atomic mass is 79.9. The summed E-state index contributed by atoms with van der Waals surface area (Å²) in [7, 11) is 1.27. The third-order valence-electron chi connectivity index (χ3n) is 3.03. The lowest BCUT2D eigenvalue weighted by Gasteiger charge is -2.12. The number of nitrogens with two attached hydrogens (primary N) is 1. The highest BCUT2D eigenvalue weighted by molar-refractivity contribution is 9.11. The zero-order valence-electron chi connectivity index (χ0n) is 11.3. The van der Waals surface area contributed by atoms with Crippen LogP contribution in [0.15, 0.2) is 27.3 Å². The van der Waals surface area contributed by atoms with E-state index in [1.54, 1.807) is 4.57 Å². The topological polar surface area (TPSA) is 81.0 Å². The summed E-state index contributed by atoms with van der Waals surface area (Å²) in [6.45, 7) is 1.95. The Kier molecular flexibility index (Phi) is 4.40. The average Bonchev–Trinajstić information content (AvgIpc) is 2.78. The van der Waals surface area contributed by atoms with Crippen molar-refractivity contribution >= 4 is 43.5 Å². The molecule has 0 atom stereocenters. The number of nitrogen functional groups attached to an aromatic ring is 1. The van der Waals surface area contributed by atoms with Crippen LogP contribution in [0.5, 0.6) is 0 Å². The Balaban J connectivity index is 2.78. The number of methoxy groups -OCH3 is 1. The van der Waals surface area contributed by atoms with Crippen LogP contribution in [0.3, 0.4) is 0 Å². The van der Waals surface area contributed by atoms with Gasteiger partial charge in [-0.15, -0.1) is 0 Å². The van der Waals surface area contributed by atoms with Crippen molar-refractivity contribution in [1.82, 2.24) is 4.57 Å². The number of carbonyl (C=O) groups excluding carboxylic acids is 1. The van der Waals surface area contributed by atoms with Crippen molar-refractivity contribution in [1.29, 1.82) is 5.26 Å². The van der Waals surface area contributed by atoms with Gasteiger partial charge in [0.25, 0.3) is 0 Å². The summed E-state index contributed by atoms with van der Waals surface area (Å²) >= 11 is 6.91. The van der Waals surface area contributed by atoms with E-state index in [1.165, 1.54) is 13.3 Å². The standard InChI is InChI=1S/C14H11Br2N3O2/c1-7-3-10(16)11(4-9(7)15)19-6-8(5-17)12(18)13(19)14(20)21-2/h3-4,6H,18H2,1-2H3. The summed E-state index contributed by atoms with van der Waals surface area (Å²) in [5.74, 6) is -0.599. The van der Waals surface area contributed by atoms with Crippen LogP contribution < -0.4 is 5.73 Å². The molecule has 108 valence electrons. The second kappa shape index (κ2) is 5.92. The van der Waals surface area contributed by atoms with Crippen molar-refractivity contribution in [3.8, 4) is 11.8 Å². The quantitative estimate of drug-likeness (QED) is 0.764. The SMILES string of the molecule is COC(=O)c1c(N)c(C#N)cn1-c1cc(Br)c(C)cc1Br. The zero-order valence-corrected chi connectivity index (χ0v) is 14.4. The number of anilines is 1. The van der Waals surface area contributed by atoms with E-state index in [0.29, 0.717) is 5.69 Å². The molecule has 0 bridgehead atoms. The molecule has 5 nitrogen and oxygen atoms in total. The first-order valence-corrected chi connectivity index (χ1v) is 7.44. The summed E-state index contributed by atoms with van der Waals surface area (Å²) < 4.78 is 7.95. The molecule has 0 saturated heterocycles. The minimum Gasteiger partial charge on any atom is -0.464 e. The molecule has 0 spiro atoms. The number of esters is 1. The van der Waals surface area contributed by atoms with Gasteiger partial charge in [-0.25, -0.2) is 4.79 Å². The number of nitrogens with zero attached hydrogens (tertiary/aromatic N) is 2. The molecular formula is C14H11Br2N3O2. The Bertz CT molecular complexity index is 776. The summed E-state index contributed by atoms with van der Waals surface area (Å²) in [4.78, 5) is 12.0. The van der Waals surface area contributed by atoms with Crippen molar-refractivity contribution in [3.63, 3.8) is 0 Å². The maximum Gasteiger partial charge on any atom is 0.357 e. The first-order valence-electron chi connectivity index (χ1n) is 5.86. The number of rotatable bonds is 2. The van der Waals surface area contributed by atoms with Crippen molar-refractivity contribution in [3.05, 3.63) is 44.1 Å². The lowest BCUT2D eigenvalue weighted by Crippen LogP contribution is -2.11. The molecule has 0 unspecified atom stereocenters. The Morgan fingerprint density at radius 1 is 1.38 bits per heavy atom. The van der Waals surface area contributed by atoms with Crippen molar-refractivity contribution in [2.45, 2.75) is 6.92 Å². The van der Waals surface area contributed by atoms with Gasteiger partial charge in [0.15, 0.2) is 5.69 Å². The van der Waals surface area contributed by atoms with E-state index in [-0.39, 0.29) is 16.9 Å². The molecular weight excluding hydrogens is 402 g/mol. The van der Waals surface area contributed by atoms with Crippen LogP contribution in [-0.2, 0) is 4.74 Å². The largest absolute Gasteiger partial charge is 0.464 e. The normalized spacial score (nSPS) is 10.2. The van der Waals surface area contributed by atoms with Gasteiger partial charge < -0.3 is 15.0 Å². The molecule has 0 amide bonds. The molecule has 21 heavy (non-hydrogen) atoms. The third-order valence-corrected chi connectivity index (χ3v) is 4.52. The van der Waals surface area contributed by atoms with E-state index in [9.17, 15) is 4.79 Å². The number of hydrogen-bond acceptors (Lipinski definition) is 4. The van der Waals surface area contributed by atoms with Gasteiger partial charge >= 0.3 is 5.97 Å². The Hall–Kier alpha value is -1.78. The molecule has 0 fully saturated rings. The van der Waals surface area contributed by atoms with E-state index in [0.717, 1.165) is 14.5 Å². The summed E-state index contributed by atoms with van der Waals surface area (Å²) in [5, 5.41) is 9.11. The Morgan fingerprint density at radius 3 is 2.62 bits per heavy atom. The fourth-order valence-corrected chi connectivity index (χ4v) is 2.91. The monoisotopic (exact) mass is 411 g/mol. The highest BCUT2D eigenvalue weighted by Crippen LogP contribution is 2.32. The van der Waals surface area contributed by atoms with Crippen LogP contribution in [0, 0.1) is 18.3 Å². The third kappa shape index (κ3) is 2.69. The maximum absolute atomic E-state index is 12.0. The van der Waals surface area contributed by atoms with Crippen molar-refractivity contribution in [2.75, 3.05) is 12.8 Å². The first kappa shape index (κ1) is 15.6. The van der Waals surface area contributed by atoms with Crippen LogP contribution in [0.1, 0.15) is 21.6 Å². The molecule has 2 N–H and O–H groups in total. The molecule has 0 aliphatic rings. The van der Waals surface area contributed by atoms with Gasteiger partial charge in [-0.1, -0.05) is 15.9 Å². The summed E-state index contributed by atoms with van der Waals surface area (Å²) in [6.07, 6.45) is 1.52. The maximum atomic E-state index is 12.0. The zero-order chi connectivity index (χ0) is 15.7. The molecule has 1 aromatic heterocycles. The van der Waals surface area contributed by atoms with E-state index >= 15 is 0 Å². The highest BCUT2D eigenvalue weighted by Gasteiger charge is 2.23. The molecule has 1 heterocycles. The van der Waals surface area contributed by atoms with Gasteiger partial charge in [-0.05, 0) is 40.5 Å². The summed E-state index contributed by atoms with van der Waals surface area (Å²) in [5.41, 5.74) is 8.05. The predicted octanol–water partition coefficient (Wildman–Crippen LogP) is 3.55. The van der Waals surface area contributed by atoms with Crippen LogP contribution in [0.2, 0.25) is 0 Å². The van der Waals surface area contributed by atoms with Crippen molar-refractivity contribution < 1.29 is 9.53 Å². The van der Waals surface area contributed by atoms with Gasteiger partial charge in [-0.2, -0.15) is 5.26 Å². The Morgan fingerprint density at radius 2 is 2.05 bits per heavy atom. The molecule has 2 aromatic rings. The molecule has 7 heteroatoms. The van der Waals surface area contributed by atoms with Gasteiger partial charge in [0.05, 0.1) is 24.0 Å². The minimum atomic E-state index is -0.599. The van der Waals surface area contributed by atoms with Gasteiger partial charge in [0.2, 0.25) is 0 Å². The molecule has 2 rings (SSSR count). The van der Waals surface area contributed by atoms with Crippen LogP contribution in [-0.4, -0.2) is 17.6 Å². The number of aryl methyl sites for hydroxylation is 1. The van der Waals surface area contributed by atoms with E-state index in [1.807, 2.05) is 25.1 Å². The smallest absolute Gasteiger partial charge is 0.357 e. The number of aromatic nitrogens is 1. The average molecular weight is 413 g/mol. The molecule has 1 aromatic carbocycles. The second-order valence-corrected chi connectivity index (χ2v) is 6.04. The fourth-order valence-electron chi connectivity index (χ4n) is 1.92. The number of halogens is 2. The first-order chi connectivity index (χ1) is 9.90. The summed E-state index contributed by atoms with van der Waals surface area (Å²) in [6, 6.07) is 5.71. The lowest BCUT2D eigenvalue weighted by molar-refractivity contribution is 0.0593. The minimum absolute atomic E-state index is 0.105. The van der Waals surface area contributed by atoms with Gasteiger partial charge in [-0.3, -0.25) is 0 Å². The fraction of sp³-hybridized carbons (Fsp3) is 0.143. The Labute approximate surface area is 138 Å². The molecule has 0 aliphatic carbocycles. The van der Waals surface area contributed by atoms with E-state index in [2.05, 4.69) is 31.9 Å². The van der Waals surface area contributed by atoms with Crippen molar-refractivity contribution in [2.24, 2.45) is 0 Å². The predicted molar refractivity (Wildman–Crippen MR) is 86.4 cm³/mol.